The van der Waals surface area contributed by atoms with Gasteiger partial charge >= 0.3 is 11.9 Å². The number of nitrogens with one attached hydrogen (secondary N) is 1. The molecule has 0 saturated heterocycles. The SMILES string of the molecule is O=C(O)c1ccc(C[C@H](NC(=O)c2cccc3ccccc23)C(=O)O)cc1. The van der Waals surface area contributed by atoms with Crippen LogP contribution in [0.2, 0.25) is 0 Å². The number of aliphatic carboxylic acids is 1. The molecule has 6 nitrogen and oxygen atoms in total. The van der Waals surface area contributed by atoms with Gasteiger partial charge in [-0.05, 0) is 34.5 Å². The first-order chi connectivity index (χ1) is 13.0. The van der Waals surface area contributed by atoms with Crippen LogP contribution in [-0.2, 0) is 11.2 Å². The number of carboxylic acid groups (broad SMARTS) is 2. The summed E-state index contributed by atoms with van der Waals surface area (Å²) in [5.41, 5.74) is 1.14. The van der Waals surface area contributed by atoms with Crippen LogP contribution in [0.25, 0.3) is 10.8 Å². The number of carbonyl (C=O) groups excluding carboxylic acids is 1. The average Bonchev–Trinajstić information content (AvgIpc) is 2.67. The van der Waals surface area contributed by atoms with Crippen molar-refractivity contribution in [2.45, 2.75) is 12.5 Å². The minimum absolute atomic E-state index is 0.0474. The van der Waals surface area contributed by atoms with Gasteiger partial charge in [0.1, 0.15) is 6.04 Å². The highest BCUT2D eigenvalue weighted by Crippen LogP contribution is 2.18. The summed E-state index contributed by atoms with van der Waals surface area (Å²) in [7, 11) is 0. The molecule has 0 aliphatic carbocycles. The number of aromatic carboxylic acids is 1. The van der Waals surface area contributed by atoms with Crippen LogP contribution < -0.4 is 5.32 Å². The highest BCUT2D eigenvalue weighted by molar-refractivity contribution is 6.07. The zero-order chi connectivity index (χ0) is 19.4. The van der Waals surface area contributed by atoms with Crippen LogP contribution in [-0.4, -0.2) is 34.1 Å². The highest BCUT2D eigenvalue weighted by atomic mass is 16.4. The number of hydrogen-bond acceptors (Lipinski definition) is 3. The molecule has 3 N–H and O–H groups in total. The molecule has 0 aromatic heterocycles. The fourth-order valence-corrected chi connectivity index (χ4v) is 2.88. The Morgan fingerprint density at radius 2 is 1.52 bits per heavy atom. The smallest absolute Gasteiger partial charge is 0.335 e. The van der Waals surface area contributed by atoms with Crippen molar-refractivity contribution in [2.24, 2.45) is 0 Å². The summed E-state index contributed by atoms with van der Waals surface area (Å²) < 4.78 is 0. The Labute approximate surface area is 155 Å². The lowest BCUT2D eigenvalue weighted by Gasteiger charge is -2.16. The van der Waals surface area contributed by atoms with E-state index in [4.69, 9.17) is 5.11 Å². The monoisotopic (exact) mass is 363 g/mol. The van der Waals surface area contributed by atoms with E-state index in [1.165, 1.54) is 12.1 Å². The lowest BCUT2D eigenvalue weighted by atomic mass is 10.0. The van der Waals surface area contributed by atoms with E-state index in [0.717, 1.165) is 10.8 Å². The molecular formula is C21H17NO5. The van der Waals surface area contributed by atoms with Gasteiger partial charge in [0.2, 0.25) is 0 Å². The Bertz CT molecular complexity index is 1010. The second-order valence-corrected chi connectivity index (χ2v) is 6.10. The number of fused-ring (bicyclic) bond motifs is 1. The third kappa shape index (κ3) is 4.12. The first kappa shape index (κ1) is 18.1. The van der Waals surface area contributed by atoms with Crippen molar-refractivity contribution in [2.75, 3.05) is 0 Å². The molecule has 0 bridgehead atoms. The van der Waals surface area contributed by atoms with Gasteiger partial charge in [-0.15, -0.1) is 0 Å². The molecule has 27 heavy (non-hydrogen) atoms. The van der Waals surface area contributed by atoms with E-state index < -0.39 is 23.9 Å². The number of amides is 1. The van der Waals surface area contributed by atoms with Gasteiger partial charge in [-0.2, -0.15) is 0 Å². The Hall–Kier alpha value is -3.67. The molecule has 0 heterocycles. The average molecular weight is 363 g/mol. The van der Waals surface area contributed by atoms with Crippen molar-refractivity contribution in [3.63, 3.8) is 0 Å². The fraction of sp³-hybridized carbons (Fsp3) is 0.0952. The predicted octanol–water partition coefficient (Wildman–Crippen LogP) is 2.96. The summed E-state index contributed by atoms with van der Waals surface area (Å²) in [5, 5.41) is 22.6. The summed E-state index contributed by atoms with van der Waals surface area (Å²) in [6, 6.07) is 17.4. The van der Waals surface area contributed by atoms with Crippen molar-refractivity contribution in [3.8, 4) is 0 Å². The molecule has 0 spiro atoms. The number of hydrogen-bond donors (Lipinski definition) is 3. The second kappa shape index (κ2) is 7.70. The summed E-state index contributed by atoms with van der Waals surface area (Å²) in [5.74, 6) is -2.69. The summed E-state index contributed by atoms with van der Waals surface area (Å²) in [6.45, 7) is 0. The number of carbonyl (C=O) groups is 3. The zero-order valence-electron chi connectivity index (χ0n) is 14.3. The molecule has 1 atom stereocenters. The zero-order valence-corrected chi connectivity index (χ0v) is 14.3. The molecule has 6 heteroatoms. The predicted molar refractivity (Wildman–Crippen MR) is 99.9 cm³/mol. The highest BCUT2D eigenvalue weighted by Gasteiger charge is 2.22. The van der Waals surface area contributed by atoms with Gasteiger partial charge in [0.15, 0.2) is 0 Å². The molecular weight excluding hydrogens is 346 g/mol. The van der Waals surface area contributed by atoms with Crippen molar-refractivity contribution in [3.05, 3.63) is 83.4 Å². The van der Waals surface area contributed by atoms with Gasteiger partial charge < -0.3 is 15.5 Å². The first-order valence-corrected chi connectivity index (χ1v) is 8.29. The molecule has 3 aromatic rings. The van der Waals surface area contributed by atoms with E-state index in [-0.39, 0.29) is 12.0 Å². The van der Waals surface area contributed by atoms with Crippen LogP contribution in [0.15, 0.2) is 66.7 Å². The van der Waals surface area contributed by atoms with Crippen LogP contribution >= 0.6 is 0 Å². The summed E-state index contributed by atoms with van der Waals surface area (Å²) in [4.78, 5) is 35.2. The number of benzene rings is 3. The Kier molecular flexibility index (Phi) is 5.17. The molecule has 0 saturated carbocycles. The third-order valence-corrected chi connectivity index (χ3v) is 4.28. The van der Waals surface area contributed by atoms with Gasteiger partial charge in [0, 0.05) is 12.0 Å². The number of rotatable bonds is 6. The topological polar surface area (TPSA) is 104 Å². The summed E-state index contributed by atoms with van der Waals surface area (Å²) >= 11 is 0. The van der Waals surface area contributed by atoms with Crippen molar-refractivity contribution in [1.82, 2.24) is 5.32 Å². The van der Waals surface area contributed by atoms with E-state index in [9.17, 15) is 19.5 Å². The van der Waals surface area contributed by atoms with Crippen LogP contribution in [0, 0.1) is 0 Å². The lowest BCUT2D eigenvalue weighted by molar-refractivity contribution is -0.139. The maximum Gasteiger partial charge on any atom is 0.335 e. The molecule has 136 valence electrons. The Balaban J connectivity index is 1.80. The normalized spacial score (nSPS) is 11.7. The summed E-state index contributed by atoms with van der Waals surface area (Å²) in [6.07, 6.45) is 0.0474. The van der Waals surface area contributed by atoms with E-state index in [1.54, 1.807) is 24.3 Å². The second-order valence-electron chi connectivity index (χ2n) is 6.10. The van der Waals surface area contributed by atoms with Gasteiger partial charge in [-0.3, -0.25) is 4.79 Å². The van der Waals surface area contributed by atoms with Crippen molar-refractivity contribution < 1.29 is 24.6 Å². The van der Waals surface area contributed by atoms with E-state index in [2.05, 4.69) is 5.32 Å². The van der Waals surface area contributed by atoms with Gasteiger partial charge in [-0.1, -0.05) is 48.5 Å². The Morgan fingerprint density at radius 1 is 0.852 bits per heavy atom. The molecule has 3 rings (SSSR count). The molecule has 0 unspecified atom stereocenters. The van der Waals surface area contributed by atoms with Gasteiger partial charge in [-0.25, -0.2) is 9.59 Å². The van der Waals surface area contributed by atoms with Crippen molar-refractivity contribution in [1.29, 1.82) is 0 Å². The van der Waals surface area contributed by atoms with E-state index in [0.29, 0.717) is 11.1 Å². The van der Waals surface area contributed by atoms with Crippen LogP contribution in [0.3, 0.4) is 0 Å². The quantitative estimate of drug-likeness (QED) is 0.625. The minimum atomic E-state index is -1.16. The first-order valence-electron chi connectivity index (χ1n) is 8.29. The lowest BCUT2D eigenvalue weighted by Crippen LogP contribution is -2.42. The van der Waals surface area contributed by atoms with Crippen LogP contribution in [0.4, 0.5) is 0 Å². The van der Waals surface area contributed by atoms with Gasteiger partial charge in [0.25, 0.3) is 5.91 Å². The molecule has 0 fully saturated rings. The maximum atomic E-state index is 12.7. The minimum Gasteiger partial charge on any atom is -0.480 e. The standard InChI is InChI=1S/C21H17NO5/c23-19(17-7-3-5-14-4-1-2-6-16(14)17)22-18(21(26)27)12-13-8-10-15(11-9-13)20(24)25/h1-11,18H,12H2,(H,22,23)(H,24,25)(H,26,27)/t18-/m0/s1. The molecule has 0 aliphatic rings. The van der Waals surface area contributed by atoms with E-state index >= 15 is 0 Å². The molecule has 0 aliphatic heterocycles. The van der Waals surface area contributed by atoms with Crippen LogP contribution in [0.5, 0.6) is 0 Å². The maximum absolute atomic E-state index is 12.7. The molecule has 0 radical (unpaired) electrons. The molecule has 1 amide bonds. The van der Waals surface area contributed by atoms with Crippen LogP contribution in [0.1, 0.15) is 26.3 Å². The largest absolute Gasteiger partial charge is 0.480 e. The third-order valence-electron chi connectivity index (χ3n) is 4.28. The Morgan fingerprint density at radius 3 is 2.19 bits per heavy atom. The van der Waals surface area contributed by atoms with Crippen molar-refractivity contribution >= 4 is 28.6 Å². The van der Waals surface area contributed by atoms with Gasteiger partial charge in [0.05, 0.1) is 5.56 Å². The molecule has 3 aromatic carbocycles. The fourth-order valence-electron chi connectivity index (χ4n) is 2.88. The van der Waals surface area contributed by atoms with E-state index in [1.807, 2.05) is 30.3 Å². The number of carboxylic acids is 2.